The summed E-state index contributed by atoms with van der Waals surface area (Å²) < 4.78 is 66.9. The van der Waals surface area contributed by atoms with Crippen LogP contribution >= 0.6 is 11.6 Å². The van der Waals surface area contributed by atoms with Gasteiger partial charge >= 0.3 is 0 Å². The molecule has 0 radical (unpaired) electrons. The van der Waals surface area contributed by atoms with Crippen molar-refractivity contribution in [2.45, 2.75) is 36.2 Å². The Balaban J connectivity index is 1.88. The molecule has 12 heteroatoms. The van der Waals surface area contributed by atoms with E-state index in [2.05, 4.69) is 10.0 Å². The second-order valence-corrected chi connectivity index (χ2v) is 12.0. The quantitative estimate of drug-likeness (QED) is 0.427. The molecule has 0 spiro atoms. The molecule has 0 saturated carbocycles. The lowest BCUT2D eigenvalue weighted by Gasteiger charge is -2.26. The second-order valence-electron chi connectivity index (χ2n) is 7.98. The summed E-state index contributed by atoms with van der Waals surface area (Å²) in [5.74, 6) is 0. The lowest BCUT2D eigenvalue weighted by molar-refractivity contribution is 0.0730. The van der Waals surface area contributed by atoms with Gasteiger partial charge < -0.3 is 14.8 Å². The summed E-state index contributed by atoms with van der Waals surface area (Å²) in [5.41, 5.74) is 0.595. The van der Waals surface area contributed by atoms with Crippen LogP contribution in [-0.2, 0) is 29.5 Å². The van der Waals surface area contributed by atoms with E-state index in [0.717, 1.165) is 0 Å². The van der Waals surface area contributed by atoms with E-state index < -0.39 is 20.0 Å². The minimum atomic E-state index is -3.99. The van der Waals surface area contributed by atoms with Crippen molar-refractivity contribution in [2.24, 2.45) is 0 Å². The number of hydrogen-bond donors (Lipinski definition) is 2. The third-order valence-corrected chi connectivity index (χ3v) is 8.58. The molecule has 1 aliphatic heterocycles. The molecule has 1 heterocycles. The van der Waals surface area contributed by atoms with Gasteiger partial charge in [0.1, 0.15) is 0 Å². The number of hydrogen-bond acceptors (Lipinski definition) is 7. The Morgan fingerprint density at radius 3 is 2.29 bits per heavy atom. The van der Waals surface area contributed by atoms with Crippen molar-refractivity contribution < 1.29 is 26.3 Å². The van der Waals surface area contributed by atoms with Crippen LogP contribution in [0.15, 0.2) is 52.3 Å². The lowest BCUT2D eigenvalue weighted by atomic mass is 10.2. The van der Waals surface area contributed by atoms with Crippen LogP contribution in [0.4, 0.5) is 11.4 Å². The number of nitrogens with one attached hydrogen (secondary N) is 2. The predicted octanol–water partition coefficient (Wildman–Crippen LogP) is 3.39. The van der Waals surface area contributed by atoms with Crippen molar-refractivity contribution >= 4 is 43.0 Å². The summed E-state index contributed by atoms with van der Waals surface area (Å²) in [4.78, 5) is 0.00604. The smallest absolute Gasteiger partial charge is 0.261 e. The highest BCUT2D eigenvalue weighted by Gasteiger charge is 2.27. The maximum Gasteiger partial charge on any atom is 0.261 e. The first-order valence-corrected chi connectivity index (χ1v) is 14.3. The molecule has 2 aromatic rings. The van der Waals surface area contributed by atoms with Crippen LogP contribution in [0, 0.1) is 0 Å². The van der Waals surface area contributed by atoms with Crippen LogP contribution in [0.25, 0.3) is 0 Å². The molecule has 1 saturated heterocycles. The first-order valence-electron chi connectivity index (χ1n) is 11.0. The van der Waals surface area contributed by atoms with Gasteiger partial charge in [0.15, 0.2) is 0 Å². The van der Waals surface area contributed by atoms with Gasteiger partial charge in [0, 0.05) is 31.3 Å². The number of rotatable bonds is 11. The normalized spacial score (nSPS) is 15.4. The Bertz CT molecular complexity index is 1170. The fourth-order valence-corrected chi connectivity index (χ4v) is 5.92. The highest BCUT2D eigenvalue weighted by Crippen LogP contribution is 2.30. The van der Waals surface area contributed by atoms with E-state index in [1.165, 1.54) is 40.7 Å². The van der Waals surface area contributed by atoms with E-state index in [-0.39, 0.29) is 34.7 Å². The molecule has 0 atom stereocenters. The van der Waals surface area contributed by atoms with Gasteiger partial charge in [-0.15, -0.1) is 0 Å². The summed E-state index contributed by atoms with van der Waals surface area (Å²) in [7, 11) is -7.80. The van der Waals surface area contributed by atoms with Crippen LogP contribution in [0.1, 0.15) is 20.3 Å². The number of morpholine rings is 1. The molecule has 1 fully saturated rings. The summed E-state index contributed by atoms with van der Waals surface area (Å²) in [6.45, 7) is 6.06. The number of sulfonamides is 2. The van der Waals surface area contributed by atoms with Crippen molar-refractivity contribution in [1.29, 1.82) is 0 Å². The standard InChI is InChI=1S/C22H30ClN3O6S2/c1-17(2)32-13-3-10-24-21-9-8-20(34(29,30)26-11-14-31-15-12-26)16-22(21)25-33(27,28)19-6-4-18(23)5-7-19/h4-9,16-17,24-25H,3,10-15H2,1-2H3. The highest BCUT2D eigenvalue weighted by molar-refractivity contribution is 7.92. The molecular formula is C22H30ClN3O6S2. The van der Waals surface area contributed by atoms with Gasteiger partial charge in [0.05, 0.1) is 40.5 Å². The van der Waals surface area contributed by atoms with Crippen LogP contribution in [0.2, 0.25) is 5.02 Å². The van der Waals surface area contributed by atoms with Crippen LogP contribution in [-0.4, -0.2) is 66.7 Å². The van der Waals surface area contributed by atoms with Crippen LogP contribution in [0.3, 0.4) is 0 Å². The Morgan fingerprint density at radius 1 is 1.00 bits per heavy atom. The third-order valence-electron chi connectivity index (χ3n) is 5.05. The van der Waals surface area contributed by atoms with E-state index in [4.69, 9.17) is 21.1 Å². The molecular weight excluding hydrogens is 502 g/mol. The minimum Gasteiger partial charge on any atom is -0.383 e. The van der Waals surface area contributed by atoms with E-state index in [0.29, 0.717) is 43.5 Å². The predicted molar refractivity (Wildman–Crippen MR) is 132 cm³/mol. The zero-order valence-corrected chi connectivity index (χ0v) is 21.5. The van der Waals surface area contributed by atoms with Gasteiger partial charge in [-0.2, -0.15) is 4.31 Å². The van der Waals surface area contributed by atoms with Gasteiger partial charge in [0.2, 0.25) is 10.0 Å². The molecule has 0 amide bonds. The summed E-state index contributed by atoms with van der Waals surface area (Å²) >= 11 is 5.88. The fourth-order valence-electron chi connectivity index (χ4n) is 3.29. The molecule has 2 N–H and O–H groups in total. The van der Waals surface area contributed by atoms with Crippen LogP contribution < -0.4 is 10.0 Å². The summed E-state index contributed by atoms with van der Waals surface area (Å²) in [5, 5.41) is 3.58. The van der Waals surface area contributed by atoms with Crippen molar-refractivity contribution in [1.82, 2.24) is 4.31 Å². The van der Waals surface area contributed by atoms with E-state index >= 15 is 0 Å². The third kappa shape index (κ3) is 7.06. The average Bonchev–Trinajstić information content (AvgIpc) is 2.80. The Labute approximate surface area is 206 Å². The summed E-state index contributed by atoms with van der Waals surface area (Å²) in [6.07, 6.45) is 0.807. The van der Waals surface area contributed by atoms with E-state index in [1.54, 1.807) is 6.07 Å². The van der Waals surface area contributed by atoms with Crippen molar-refractivity contribution in [2.75, 3.05) is 49.5 Å². The highest BCUT2D eigenvalue weighted by atomic mass is 35.5. The lowest BCUT2D eigenvalue weighted by Crippen LogP contribution is -2.40. The Morgan fingerprint density at radius 2 is 1.65 bits per heavy atom. The maximum absolute atomic E-state index is 13.1. The Hall–Kier alpha value is -1.89. The zero-order valence-electron chi connectivity index (χ0n) is 19.2. The number of nitrogens with zero attached hydrogens (tertiary/aromatic N) is 1. The molecule has 34 heavy (non-hydrogen) atoms. The first kappa shape index (κ1) is 26.7. The van der Waals surface area contributed by atoms with E-state index in [1.807, 2.05) is 13.8 Å². The molecule has 1 aliphatic rings. The molecule has 0 aliphatic carbocycles. The monoisotopic (exact) mass is 531 g/mol. The minimum absolute atomic E-state index is 0.00287. The van der Waals surface area contributed by atoms with Gasteiger partial charge in [-0.1, -0.05) is 11.6 Å². The topological polar surface area (TPSA) is 114 Å². The van der Waals surface area contributed by atoms with Crippen molar-refractivity contribution in [3.05, 3.63) is 47.5 Å². The van der Waals surface area contributed by atoms with E-state index in [9.17, 15) is 16.8 Å². The average molecular weight is 532 g/mol. The number of benzene rings is 2. The van der Waals surface area contributed by atoms with Gasteiger partial charge in [0.25, 0.3) is 10.0 Å². The molecule has 0 aromatic heterocycles. The number of ether oxygens (including phenoxy) is 2. The van der Waals surface area contributed by atoms with Crippen molar-refractivity contribution in [3.8, 4) is 0 Å². The molecule has 3 rings (SSSR count). The largest absolute Gasteiger partial charge is 0.383 e. The molecule has 0 unspecified atom stereocenters. The zero-order chi connectivity index (χ0) is 24.8. The fraction of sp³-hybridized carbons (Fsp3) is 0.455. The van der Waals surface area contributed by atoms with Gasteiger partial charge in [-0.25, -0.2) is 16.8 Å². The molecule has 2 aromatic carbocycles. The first-order chi connectivity index (χ1) is 16.1. The molecule has 188 valence electrons. The Kier molecular flexibility index (Phi) is 9.19. The second kappa shape index (κ2) is 11.7. The number of halogens is 1. The van der Waals surface area contributed by atoms with Gasteiger partial charge in [-0.3, -0.25) is 4.72 Å². The van der Waals surface area contributed by atoms with Crippen molar-refractivity contribution in [3.63, 3.8) is 0 Å². The maximum atomic E-state index is 13.1. The van der Waals surface area contributed by atoms with Gasteiger partial charge in [-0.05, 0) is 62.7 Å². The molecule has 0 bridgehead atoms. The SMILES string of the molecule is CC(C)OCCCNc1ccc(S(=O)(=O)N2CCOCC2)cc1NS(=O)(=O)c1ccc(Cl)cc1. The molecule has 9 nitrogen and oxygen atoms in total. The van der Waals surface area contributed by atoms with Crippen LogP contribution in [0.5, 0.6) is 0 Å². The number of anilines is 2. The summed E-state index contributed by atoms with van der Waals surface area (Å²) in [6, 6.07) is 10.1.